The smallest absolute Gasteiger partial charge is 0.421 e. The average Bonchev–Trinajstić information content (AvgIpc) is 2.76. The van der Waals surface area contributed by atoms with Gasteiger partial charge in [-0.15, -0.1) is 11.3 Å². The molecular formula is C14H16BFN2O2S. The van der Waals surface area contributed by atoms with Crippen LogP contribution in [0.25, 0.3) is 0 Å². The number of carbonyl (C=O) groups is 1. The van der Waals surface area contributed by atoms with E-state index < -0.39 is 11.7 Å². The number of hydrogen-bond acceptors (Lipinski definition) is 4. The van der Waals surface area contributed by atoms with Gasteiger partial charge in [0.15, 0.2) is 13.0 Å². The fraction of sp³-hybridized carbons (Fsp3) is 0.286. The molecular weight excluding hydrogens is 290 g/mol. The topological polar surface area (TPSA) is 42.4 Å². The summed E-state index contributed by atoms with van der Waals surface area (Å²) in [4.78, 5) is 18.1. The second-order valence-corrected chi connectivity index (χ2v) is 6.40. The van der Waals surface area contributed by atoms with E-state index >= 15 is 0 Å². The van der Waals surface area contributed by atoms with Crippen LogP contribution < -0.4 is 10.5 Å². The number of ether oxygens (including phenoxy) is 1. The van der Waals surface area contributed by atoms with Crippen LogP contribution in [0, 0.1) is 5.82 Å². The first-order valence-electron chi connectivity index (χ1n) is 6.47. The largest absolute Gasteiger partial charge is 0.443 e. The van der Waals surface area contributed by atoms with E-state index in [0.29, 0.717) is 10.8 Å². The number of amides is 1. The minimum Gasteiger partial charge on any atom is -0.443 e. The molecule has 1 aromatic heterocycles. The molecule has 0 saturated heterocycles. The zero-order valence-electron chi connectivity index (χ0n) is 12.4. The van der Waals surface area contributed by atoms with Crippen molar-refractivity contribution in [2.75, 3.05) is 4.90 Å². The summed E-state index contributed by atoms with van der Waals surface area (Å²) >= 11 is 1.33. The van der Waals surface area contributed by atoms with E-state index in [4.69, 9.17) is 4.74 Å². The van der Waals surface area contributed by atoms with Crippen LogP contribution in [0.4, 0.5) is 20.0 Å². The van der Waals surface area contributed by atoms with E-state index in [-0.39, 0.29) is 5.82 Å². The molecule has 21 heavy (non-hydrogen) atoms. The maximum absolute atomic E-state index is 13.1. The summed E-state index contributed by atoms with van der Waals surface area (Å²) in [5, 5.41) is 2.34. The third-order valence-electron chi connectivity index (χ3n) is 2.46. The highest BCUT2D eigenvalue weighted by Gasteiger charge is 2.26. The summed E-state index contributed by atoms with van der Waals surface area (Å²) in [6.45, 7) is 5.38. The Kier molecular flexibility index (Phi) is 4.32. The van der Waals surface area contributed by atoms with Crippen molar-refractivity contribution in [1.82, 2.24) is 4.98 Å². The average molecular weight is 306 g/mol. The van der Waals surface area contributed by atoms with E-state index in [1.165, 1.54) is 40.5 Å². The van der Waals surface area contributed by atoms with Crippen LogP contribution in [0.15, 0.2) is 29.6 Å². The van der Waals surface area contributed by atoms with Crippen molar-refractivity contribution >= 4 is 41.7 Å². The quantitative estimate of drug-likeness (QED) is 0.801. The summed E-state index contributed by atoms with van der Waals surface area (Å²) in [6.07, 6.45) is -0.538. The van der Waals surface area contributed by atoms with Gasteiger partial charge in [0.2, 0.25) is 0 Å². The van der Waals surface area contributed by atoms with Crippen LogP contribution in [-0.2, 0) is 4.74 Å². The zero-order chi connectivity index (χ0) is 15.6. The number of aromatic nitrogens is 1. The van der Waals surface area contributed by atoms with Gasteiger partial charge in [0.25, 0.3) is 0 Å². The highest BCUT2D eigenvalue weighted by atomic mass is 32.1. The summed E-state index contributed by atoms with van der Waals surface area (Å²) in [6, 6.07) is 5.65. The lowest BCUT2D eigenvalue weighted by atomic mass is 10.1. The third kappa shape index (κ3) is 4.04. The predicted octanol–water partition coefficient (Wildman–Crippen LogP) is 2.61. The van der Waals surface area contributed by atoms with Crippen LogP contribution >= 0.6 is 11.3 Å². The molecule has 0 saturated carbocycles. The van der Waals surface area contributed by atoms with E-state index in [1.807, 2.05) is 13.2 Å². The molecule has 4 nitrogen and oxygen atoms in total. The third-order valence-corrected chi connectivity index (χ3v) is 3.40. The Balaban J connectivity index is 2.39. The minimum atomic E-state index is -0.623. The molecule has 0 aliphatic heterocycles. The van der Waals surface area contributed by atoms with Crippen LogP contribution in [-0.4, -0.2) is 24.5 Å². The maximum Gasteiger partial charge on any atom is 0.421 e. The molecule has 2 rings (SSSR count). The van der Waals surface area contributed by atoms with Gasteiger partial charge < -0.3 is 4.74 Å². The SMILES string of the molecule is Bc1csc(N(C(=O)OC(C)(C)C)c2ccc(F)cc2)n1. The molecule has 2 aromatic rings. The van der Waals surface area contributed by atoms with Gasteiger partial charge in [0, 0.05) is 11.0 Å². The monoisotopic (exact) mass is 306 g/mol. The molecule has 0 fully saturated rings. The van der Waals surface area contributed by atoms with E-state index in [0.717, 1.165) is 5.59 Å². The van der Waals surface area contributed by atoms with Crippen LogP contribution in [0.2, 0.25) is 0 Å². The van der Waals surface area contributed by atoms with Crippen LogP contribution in [0.5, 0.6) is 0 Å². The summed E-state index contributed by atoms with van der Waals surface area (Å²) in [5.41, 5.74) is 0.701. The van der Waals surface area contributed by atoms with Gasteiger partial charge in [-0.2, -0.15) is 0 Å². The van der Waals surface area contributed by atoms with Gasteiger partial charge in [0.1, 0.15) is 11.4 Å². The fourth-order valence-electron chi connectivity index (χ4n) is 1.64. The number of nitrogens with zero attached hydrogens (tertiary/aromatic N) is 2. The first-order valence-corrected chi connectivity index (χ1v) is 7.35. The lowest BCUT2D eigenvalue weighted by Crippen LogP contribution is -2.34. The van der Waals surface area contributed by atoms with Crippen molar-refractivity contribution in [3.8, 4) is 0 Å². The highest BCUT2D eigenvalue weighted by Crippen LogP contribution is 2.28. The Morgan fingerprint density at radius 3 is 2.43 bits per heavy atom. The summed E-state index contributed by atoms with van der Waals surface area (Å²) in [5.74, 6) is -0.363. The fourth-order valence-corrected chi connectivity index (χ4v) is 2.45. The molecule has 0 radical (unpaired) electrons. The molecule has 110 valence electrons. The van der Waals surface area contributed by atoms with Gasteiger partial charge in [0.05, 0.1) is 5.69 Å². The predicted molar refractivity (Wildman–Crippen MR) is 85.1 cm³/mol. The molecule has 1 heterocycles. The van der Waals surface area contributed by atoms with Gasteiger partial charge in [-0.3, -0.25) is 0 Å². The number of anilines is 2. The second kappa shape index (κ2) is 5.85. The Morgan fingerprint density at radius 1 is 1.33 bits per heavy atom. The molecule has 0 aliphatic carbocycles. The molecule has 0 spiro atoms. The number of rotatable bonds is 2. The number of carbonyl (C=O) groups excluding carboxylic acids is 1. The van der Waals surface area contributed by atoms with Gasteiger partial charge in [-0.1, -0.05) is 0 Å². The Bertz CT molecular complexity index is 637. The number of halogens is 1. The van der Waals surface area contributed by atoms with E-state index in [9.17, 15) is 9.18 Å². The molecule has 1 aromatic carbocycles. The van der Waals surface area contributed by atoms with Crippen molar-refractivity contribution in [2.45, 2.75) is 26.4 Å². The Labute approximate surface area is 128 Å². The molecule has 0 atom stereocenters. The van der Waals surface area contributed by atoms with E-state index in [2.05, 4.69) is 4.98 Å². The van der Waals surface area contributed by atoms with Crippen molar-refractivity contribution < 1.29 is 13.9 Å². The van der Waals surface area contributed by atoms with Crippen LogP contribution in [0.1, 0.15) is 20.8 Å². The van der Waals surface area contributed by atoms with Gasteiger partial charge in [-0.05, 0) is 45.0 Å². The van der Waals surface area contributed by atoms with Crippen molar-refractivity contribution in [3.63, 3.8) is 0 Å². The lowest BCUT2D eigenvalue weighted by molar-refractivity contribution is 0.0599. The molecule has 0 aliphatic rings. The van der Waals surface area contributed by atoms with Gasteiger partial charge in [-0.25, -0.2) is 19.1 Å². The Morgan fingerprint density at radius 2 is 1.95 bits per heavy atom. The minimum absolute atomic E-state index is 0.363. The standard InChI is InChI=1S/C14H16BFN2O2S/c1-14(2,3)20-13(19)18(12-17-11(15)8-21-12)10-6-4-9(16)5-7-10/h4-8H,15H2,1-3H3. The second-order valence-electron chi connectivity index (χ2n) is 5.56. The van der Waals surface area contributed by atoms with Crippen molar-refractivity contribution in [1.29, 1.82) is 0 Å². The molecule has 1 amide bonds. The van der Waals surface area contributed by atoms with Gasteiger partial charge >= 0.3 is 6.09 Å². The highest BCUT2D eigenvalue weighted by molar-refractivity contribution is 7.14. The first kappa shape index (κ1) is 15.5. The molecule has 0 unspecified atom stereocenters. The number of hydrogen-bond donors (Lipinski definition) is 0. The summed E-state index contributed by atoms with van der Waals surface area (Å²) < 4.78 is 18.5. The molecule has 7 heteroatoms. The van der Waals surface area contributed by atoms with Crippen molar-refractivity contribution in [2.24, 2.45) is 0 Å². The molecule has 0 N–H and O–H groups in total. The lowest BCUT2D eigenvalue weighted by Gasteiger charge is -2.25. The van der Waals surface area contributed by atoms with Crippen LogP contribution in [0.3, 0.4) is 0 Å². The zero-order valence-corrected chi connectivity index (χ0v) is 13.2. The number of benzene rings is 1. The van der Waals surface area contributed by atoms with E-state index in [1.54, 1.807) is 20.8 Å². The maximum atomic E-state index is 13.1. The summed E-state index contributed by atoms with van der Waals surface area (Å²) in [7, 11) is 1.85. The molecule has 0 bridgehead atoms. The number of thiazole rings is 1. The normalized spacial score (nSPS) is 11.2. The van der Waals surface area contributed by atoms with Crippen molar-refractivity contribution in [3.05, 3.63) is 35.5 Å². The Hall–Kier alpha value is -1.89. The first-order chi connectivity index (χ1) is 9.76.